The summed E-state index contributed by atoms with van der Waals surface area (Å²) in [4.78, 5) is 15.2. The van der Waals surface area contributed by atoms with Crippen molar-refractivity contribution in [1.29, 1.82) is 0 Å². The third-order valence-electron chi connectivity index (χ3n) is 4.98. The van der Waals surface area contributed by atoms with Crippen molar-refractivity contribution in [3.8, 4) is 17.2 Å². The van der Waals surface area contributed by atoms with Crippen molar-refractivity contribution in [2.75, 3.05) is 24.1 Å². The van der Waals surface area contributed by atoms with Gasteiger partial charge in [0.25, 0.3) is 5.91 Å². The molecule has 5 rings (SSSR count). The molecule has 0 aromatic heterocycles. The topological polar surface area (TPSA) is 60.0 Å². The van der Waals surface area contributed by atoms with Crippen LogP contribution in [0.15, 0.2) is 66.7 Å². The van der Waals surface area contributed by atoms with Crippen LogP contribution in [0.25, 0.3) is 0 Å². The quantitative estimate of drug-likeness (QED) is 0.745. The van der Waals surface area contributed by atoms with E-state index in [2.05, 4.69) is 5.32 Å². The van der Waals surface area contributed by atoms with E-state index in [0.717, 1.165) is 11.3 Å². The molecule has 0 fully saturated rings. The highest BCUT2D eigenvalue weighted by atomic mass is 16.7. The predicted octanol–water partition coefficient (Wildman–Crippen LogP) is 4.20. The number of para-hydroxylation sites is 3. The van der Waals surface area contributed by atoms with Crippen LogP contribution in [-0.2, 0) is 0 Å². The highest BCUT2D eigenvalue weighted by Crippen LogP contribution is 2.42. The van der Waals surface area contributed by atoms with E-state index >= 15 is 0 Å². The Morgan fingerprint density at radius 2 is 1.79 bits per heavy atom. The number of nitrogens with one attached hydrogen (secondary N) is 1. The molecule has 0 unspecified atom stereocenters. The number of fused-ring (bicyclic) bond motifs is 2. The van der Waals surface area contributed by atoms with Crippen LogP contribution in [0.1, 0.15) is 22.1 Å². The molecule has 0 aliphatic carbocycles. The number of hydrogen-bond acceptors (Lipinski definition) is 5. The zero-order chi connectivity index (χ0) is 19.1. The van der Waals surface area contributed by atoms with Crippen molar-refractivity contribution >= 4 is 17.3 Å². The van der Waals surface area contributed by atoms with Gasteiger partial charge in [-0.05, 0) is 42.0 Å². The summed E-state index contributed by atoms with van der Waals surface area (Å²) in [6, 6.07) is 20.7. The lowest BCUT2D eigenvalue weighted by atomic mass is 10.0. The monoisotopic (exact) mass is 374 g/mol. The molecule has 1 atom stereocenters. The summed E-state index contributed by atoms with van der Waals surface area (Å²) >= 11 is 0. The van der Waals surface area contributed by atoms with Gasteiger partial charge in [0.2, 0.25) is 6.79 Å². The van der Waals surface area contributed by atoms with Crippen molar-refractivity contribution in [2.45, 2.75) is 6.17 Å². The zero-order valence-corrected chi connectivity index (χ0v) is 15.2. The van der Waals surface area contributed by atoms with Crippen LogP contribution in [0.2, 0.25) is 0 Å². The van der Waals surface area contributed by atoms with Crippen LogP contribution in [0.5, 0.6) is 17.2 Å². The lowest BCUT2D eigenvalue weighted by Crippen LogP contribution is -2.43. The molecule has 1 amide bonds. The standard InChI is InChI=1S/C22H18N2O4/c1-26-18-9-5-4-8-17(18)24-21(14-10-11-19-20(12-14)28-13-27-19)23-16-7-3-2-6-15(16)22(24)25/h2-12,21,23H,13H2,1H3/t21-/m1/s1. The van der Waals surface area contributed by atoms with Gasteiger partial charge in [0, 0.05) is 5.69 Å². The summed E-state index contributed by atoms with van der Waals surface area (Å²) in [5, 5.41) is 3.49. The van der Waals surface area contributed by atoms with Crippen molar-refractivity contribution < 1.29 is 19.0 Å². The summed E-state index contributed by atoms with van der Waals surface area (Å²) in [6.07, 6.45) is -0.423. The van der Waals surface area contributed by atoms with Gasteiger partial charge >= 0.3 is 0 Å². The molecule has 0 radical (unpaired) electrons. The van der Waals surface area contributed by atoms with Gasteiger partial charge in [0.05, 0.1) is 18.4 Å². The third-order valence-corrected chi connectivity index (χ3v) is 4.98. The van der Waals surface area contributed by atoms with E-state index in [1.807, 2.05) is 66.7 Å². The SMILES string of the molecule is COc1ccccc1N1C(=O)c2ccccc2N[C@H]1c1ccc2c(c1)OCO2. The summed E-state index contributed by atoms with van der Waals surface area (Å²) < 4.78 is 16.5. The van der Waals surface area contributed by atoms with Gasteiger partial charge in [-0.2, -0.15) is 0 Å². The van der Waals surface area contributed by atoms with Crippen molar-refractivity contribution in [1.82, 2.24) is 0 Å². The Morgan fingerprint density at radius 1 is 1.00 bits per heavy atom. The zero-order valence-electron chi connectivity index (χ0n) is 15.2. The molecule has 0 saturated heterocycles. The maximum atomic E-state index is 13.5. The van der Waals surface area contributed by atoms with Gasteiger partial charge in [-0.15, -0.1) is 0 Å². The smallest absolute Gasteiger partial charge is 0.262 e. The average Bonchev–Trinajstić information content (AvgIpc) is 3.21. The van der Waals surface area contributed by atoms with Gasteiger partial charge in [-0.25, -0.2) is 0 Å². The molecule has 3 aromatic carbocycles. The van der Waals surface area contributed by atoms with Crippen molar-refractivity contribution in [3.63, 3.8) is 0 Å². The van der Waals surface area contributed by atoms with Gasteiger partial charge in [-0.3, -0.25) is 9.69 Å². The number of nitrogens with zero attached hydrogens (tertiary/aromatic N) is 1. The molecule has 140 valence electrons. The molecule has 0 bridgehead atoms. The van der Waals surface area contributed by atoms with Crippen molar-refractivity contribution in [2.24, 2.45) is 0 Å². The minimum atomic E-state index is -0.423. The maximum Gasteiger partial charge on any atom is 0.262 e. The molecule has 6 heteroatoms. The molecule has 2 aliphatic heterocycles. The lowest BCUT2D eigenvalue weighted by molar-refractivity contribution is 0.0974. The molecule has 28 heavy (non-hydrogen) atoms. The normalized spacial score (nSPS) is 17.1. The number of ether oxygens (including phenoxy) is 3. The average molecular weight is 374 g/mol. The number of benzene rings is 3. The Bertz CT molecular complexity index is 1070. The number of carbonyl (C=O) groups is 1. The summed E-state index contributed by atoms with van der Waals surface area (Å²) in [5.41, 5.74) is 2.99. The number of carbonyl (C=O) groups excluding carboxylic acids is 1. The molecule has 6 nitrogen and oxygen atoms in total. The minimum absolute atomic E-state index is 0.0958. The Morgan fingerprint density at radius 3 is 2.68 bits per heavy atom. The minimum Gasteiger partial charge on any atom is -0.495 e. The van der Waals surface area contributed by atoms with E-state index in [0.29, 0.717) is 28.5 Å². The third kappa shape index (κ3) is 2.53. The Kier molecular flexibility index (Phi) is 3.83. The lowest BCUT2D eigenvalue weighted by Gasteiger charge is -2.38. The van der Waals surface area contributed by atoms with Crippen LogP contribution in [-0.4, -0.2) is 19.8 Å². The highest BCUT2D eigenvalue weighted by Gasteiger charge is 2.36. The maximum absolute atomic E-state index is 13.5. The second kappa shape index (κ2) is 6.49. The van der Waals surface area contributed by atoms with Gasteiger partial charge in [0.15, 0.2) is 11.5 Å². The highest BCUT2D eigenvalue weighted by molar-refractivity contribution is 6.12. The molecular weight excluding hydrogens is 356 g/mol. The van der Waals surface area contributed by atoms with Crippen LogP contribution in [0, 0.1) is 0 Å². The Balaban J connectivity index is 1.67. The van der Waals surface area contributed by atoms with Crippen LogP contribution in [0.3, 0.4) is 0 Å². The molecule has 0 saturated carbocycles. The van der Waals surface area contributed by atoms with E-state index in [9.17, 15) is 4.79 Å². The van der Waals surface area contributed by atoms with Crippen LogP contribution >= 0.6 is 0 Å². The fraction of sp³-hybridized carbons (Fsp3) is 0.136. The first-order chi connectivity index (χ1) is 13.8. The second-order valence-electron chi connectivity index (χ2n) is 6.55. The predicted molar refractivity (Wildman–Crippen MR) is 105 cm³/mol. The first-order valence-corrected chi connectivity index (χ1v) is 8.98. The fourth-order valence-corrected chi connectivity index (χ4v) is 3.65. The molecule has 2 heterocycles. The van der Waals surface area contributed by atoms with E-state index in [4.69, 9.17) is 14.2 Å². The number of rotatable bonds is 3. The first kappa shape index (κ1) is 16.5. The number of hydrogen-bond donors (Lipinski definition) is 1. The van der Waals surface area contributed by atoms with Gasteiger partial charge in [-0.1, -0.05) is 30.3 Å². The number of amides is 1. The molecular formula is C22H18N2O4. The molecule has 3 aromatic rings. The van der Waals surface area contributed by atoms with Crippen LogP contribution < -0.4 is 24.4 Å². The van der Waals surface area contributed by atoms with Crippen molar-refractivity contribution in [3.05, 3.63) is 77.9 Å². The Hall–Kier alpha value is -3.67. The van der Waals surface area contributed by atoms with Gasteiger partial charge in [0.1, 0.15) is 11.9 Å². The van der Waals surface area contributed by atoms with E-state index < -0.39 is 6.17 Å². The summed E-state index contributed by atoms with van der Waals surface area (Å²) in [7, 11) is 1.60. The second-order valence-corrected chi connectivity index (χ2v) is 6.55. The molecule has 0 spiro atoms. The van der Waals surface area contributed by atoms with Gasteiger partial charge < -0.3 is 19.5 Å². The Labute approximate surface area is 162 Å². The summed E-state index contributed by atoms with van der Waals surface area (Å²) in [5.74, 6) is 1.91. The molecule has 2 aliphatic rings. The van der Waals surface area contributed by atoms with E-state index in [1.54, 1.807) is 12.0 Å². The van der Waals surface area contributed by atoms with E-state index in [-0.39, 0.29) is 12.7 Å². The number of anilines is 2. The van der Waals surface area contributed by atoms with E-state index in [1.165, 1.54) is 0 Å². The summed E-state index contributed by atoms with van der Waals surface area (Å²) in [6.45, 7) is 0.203. The number of methoxy groups -OCH3 is 1. The van der Waals surface area contributed by atoms with Crippen LogP contribution in [0.4, 0.5) is 11.4 Å². The fourth-order valence-electron chi connectivity index (χ4n) is 3.65. The largest absolute Gasteiger partial charge is 0.495 e. The first-order valence-electron chi connectivity index (χ1n) is 8.98. The molecule has 1 N–H and O–H groups in total.